The maximum Gasteiger partial charge on any atom is 0.122 e. The first kappa shape index (κ1) is 18.5. The third kappa shape index (κ3) is 3.92. The lowest BCUT2D eigenvalue weighted by Gasteiger charge is -2.20. The number of fused-ring (bicyclic) bond motifs is 1. The fourth-order valence-corrected chi connectivity index (χ4v) is 3.37. The van der Waals surface area contributed by atoms with Crippen LogP contribution in [0.3, 0.4) is 0 Å². The van der Waals surface area contributed by atoms with Crippen molar-refractivity contribution < 1.29 is 4.74 Å². The minimum absolute atomic E-state index is 0.0180. The fraction of sp³-hybridized carbons (Fsp3) is 0.435. The Morgan fingerprint density at radius 3 is 2.42 bits per heavy atom. The first-order valence-electron chi connectivity index (χ1n) is 9.55. The van der Waals surface area contributed by atoms with E-state index in [1.165, 1.54) is 11.1 Å². The Labute approximate surface area is 157 Å². The Morgan fingerprint density at radius 1 is 1.00 bits per heavy atom. The van der Waals surface area contributed by atoms with Gasteiger partial charge in [-0.15, -0.1) is 0 Å². The Kier molecular flexibility index (Phi) is 5.36. The summed E-state index contributed by atoms with van der Waals surface area (Å²) in [6.45, 7) is 12.7. The number of hydrogen-bond donors (Lipinski definition) is 0. The summed E-state index contributed by atoms with van der Waals surface area (Å²) in [4.78, 5) is 4.88. The van der Waals surface area contributed by atoms with Gasteiger partial charge in [0.25, 0.3) is 0 Å². The van der Waals surface area contributed by atoms with Crippen molar-refractivity contribution in [2.75, 3.05) is 6.61 Å². The SMILES string of the molecule is CC(C)c1ccccc1OCCCn1c(C(C)(C)C)nc2ccccc21. The van der Waals surface area contributed by atoms with E-state index in [2.05, 4.69) is 81.7 Å². The summed E-state index contributed by atoms with van der Waals surface area (Å²) < 4.78 is 8.45. The van der Waals surface area contributed by atoms with E-state index in [0.29, 0.717) is 12.5 Å². The van der Waals surface area contributed by atoms with Crippen LogP contribution in [-0.4, -0.2) is 16.2 Å². The van der Waals surface area contributed by atoms with Gasteiger partial charge < -0.3 is 9.30 Å². The number of imidazole rings is 1. The van der Waals surface area contributed by atoms with Gasteiger partial charge in [-0.05, 0) is 36.1 Å². The van der Waals surface area contributed by atoms with Crippen molar-refractivity contribution in [3.05, 3.63) is 59.9 Å². The molecule has 0 radical (unpaired) electrons. The average Bonchev–Trinajstić information content (AvgIpc) is 2.98. The second-order valence-electron chi connectivity index (χ2n) is 8.22. The van der Waals surface area contributed by atoms with Gasteiger partial charge in [-0.25, -0.2) is 4.98 Å². The second-order valence-corrected chi connectivity index (χ2v) is 8.22. The summed E-state index contributed by atoms with van der Waals surface area (Å²) >= 11 is 0. The molecule has 2 aromatic carbocycles. The summed E-state index contributed by atoms with van der Waals surface area (Å²) in [5.74, 6) is 2.62. The van der Waals surface area contributed by atoms with E-state index < -0.39 is 0 Å². The molecule has 3 heteroatoms. The number of aromatic nitrogens is 2. The predicted molar refractivity (Wildman–Crippen MR) is 109 cm³/mol. The molecular weight excluding hydrogens is 320 g/mol. The molecule has 3 rings (SSSR count). The molecule has 0 amide bonds. The molecule has 138 valence electrons. The van der Waals surface area contributed by atoms with E-state index in [1.807, 2.05) is 6.07 Å². The molecule has 3 aromatic rings. The molecule has 0 bridgehead atoms. The zero-order valence-electron chi connectivity index (χ0n) is 16.6. The molecule has 1 aromatic heterocycles. The van der Waals surface area contributed by atoms with Gasteiger partial charge in [0.05, 0.1) is 17.6 Å². The van der Waals surface area contributed by atoms with Gasteiger partial charge in [0, 0.05) is 12.0 Å². The zero-order chi connectivity index (χ0) is 18.7. The number of rotatable bonds is 6. The molecule has 1 heterocycles. The molecule has 0 unspecified atom stereocenters. The Hall–Kier alpha value is -2.29. The number of nitrogens with zero attached hydrogens (tertiary/aromatic N) is 2. The van der Waals surface area contributed by atoms with Gasteiger partial charge in [-0.2, -0.15) is 0 Å². The molecule has 0 fully saturated rings. The van der Waals surface area contributed by atoms with Crippen LogP contribution in [0.25, 0.3) is 11.0 Å². The van der Waals surface area contributed by atoms with Gasteiger partial charge in [-0.3, -0.25) is 0 Å². The monoisotopic (exact) mass is 350 g/mol. The summed E-state index contributed by atoms with van der Waals surface area (Å²) in [5, 5.41) is 0. The number of ether oxygens (including phenoxy) is 1. The number of hydrogen-bond acceptors (Lipinski definition) is 2. The molecule has 0 atom stereocenters. The van der Waals surface area contributed by atoms with Crippen LogP contribution in [-0.2, 0) is 12.0 Å². The summed E-state index contributed by atoms with van der Waals surface area (Å²) in [7, 11) is 0. The highest BCUT2D eigenvalue weighted by atomic mass is 16.5. The average molecular weight is 351 g/mol. The van der Waals surface area contributed by atoms with Gasteiger partial charge in [-0.1, -0.05) is 65.0 Å². The molecule has 0 spiro atoms. The minimum atomic E-state index is 0.0180. The van der Waals surface area contributed by atoms with Crippen molar-refractivity contribution >= 4 is 11.0 Å². The third-order valence-corrected chi connectivity index (χ3v) is 4.65. The Balaban J connectivity index is 1.73. The molecule has 0 N–H and O–H groups in total. The first-order chi connectivity index (χ1) is 12.4. The van der Waals surface area contributed by atoms with Gasteiger partial charge in [0.2, 0.25) is 0 Å². The number of para-hydroxylation sites is 3. The molecule has 3 nitrogen and oxygen atoms in total. The van der Waals surface area contributed by atoms with Gasteiger partial charge in [0.1, 0.15) is 11.6 Å². The molecule has 0 saturated carbocycles. The van der Waals surface area contributed by atoms with E-state index in [9.17, 15) is 0 Å². The lowest BCUT2D eigenvalue weighted by Crippen LogP contribution is -2.20. The van der Waals surface area contributed by atoms with Gasteiger partial charge in [0.15, 0.2) is 0 Å². The highest BCUT2D eigenvalue weighted by molar-refractivity contribution is 5.76. The number of benzene rings is 2. The van der Waals surface area contributed by atoms with Crippen molar-refractivity contribution in [2.45, 2.75) is 58.9 Å². The van der Waals surface area contributed by atoms with E-state index in [1.54, 1.807) is 0 Å². The standard InChI is InChI=1S/C23H30N2O/c1-17(2)18-11-6-9-14-21(18)26-16-10-15-25-20-13-8-7-12-19(20)24-22(25)23(3,4)5/h6-9,11-14,17H,10,15-16H2,1-5H3. The van der Waals surface area contributed by atoms with Crippen molar-refractivity contribution in [2.24, 2.45) is 0 Å². The number of aryl methyl sites for hydroxylation is 1. The van der Waals surface area contributed by atoms with Gasteiger partial charge >= 0.3 is 0 Å². The molecule has 0 aliphatic rings. The topological polar surface area (TPSA) is 27.1 Å². The van der Waals surface area contributed by atoms with Crippen LogP contribution >= 0.6 is 0 Å². The molecule has 0 aliphatic heterocycles. The van der Waals surface area contributed by atoms with E-state index in [4.69, 9.17) is 9.72 Å². The van der Waals surface area contributed by atoms with Crippen LogP contribution in [0.5, 0.6) is 5.75 Å². The maximum absolute atomic E-state index is 6.10. The Bertz CT molecular complexity index is 871. The van der Waals surface area contributed by atoms with E-state index in [0.717, 1.165) is 30.1 Å². The zero-order valence-corrected chi connectivity index (χ0v) is 16.6. The van der Waals surface area contributed by atoms with Crippen molar-refractivity contribution in [3.8, 4) is 5.75 Å². The maximum atomic E-state index is 6.10. The quantitative estimate of drug-likeness (QED) is 0.515. The van der Waals surface area contributed by atoms with Crippen LogP contribution in [0.15, 0.2) is 48.5 Å². The smallest absolute Gasteiger partial charge is 0.122 e. The van der Waals surface area contributed by atoms with Crippen LogP contribution in [0.4, 0.5) is 0 Å². The van der Waals surface area contributed by atoms with Crippen LogP contribution < -0.4 is 4.74 Å². The Morgan fingerprint density at radius 2 is 1.69 bits per heavy atom. The highest BCUT2D eigenvalue weighted by Gasteiger charge is 2.22. The first-order valence-corrected chi connectivity index (χ1v) is 9.55. The highest BCUT2D eigenvalue weighted by Crippen LogP contribution is 2.28. The predicted octanol–water partition coefficient (Wildman–Crippen LogP) is 5.93. The third-order valence-electron chi connectivity index (χ3n) is 4.65. The summed E-state index contributed by atoms with van der Waals surface area (Å²) in [6.07, 6.45) is 0.954. The molecule has 26 heavy (non-hydrogen) atoms. The summed E-state index contributed by atoms with van der Waals surface area (Å²) in [5.41, 5.74) is 3.57. The van der Waals surface area contributed by atoms with E-state index in [-0.39, 0.29) is 5.41 Å². The summed E-state index contributed by atoms with van der Waals surface area (Å²) in [6, 6.07) is 16.7. The largest absolute Gasteiger partial charge is 0.493 e. The van der Waals surface area contributed by atoms with E-state index >= 15 is 0 Å². The van der Waals surface area contributed by atoms with Crippen LogP contribution in [0.1, 0.15) is 58.3 Å². The normalized spacial score (nSPS) is 12.1. The lowest BCUT2D eigenvalue weighted by atomic mass is 9.95. The minimum Gasteiger partial charge on any atom is -0.493 e. The second kappa shape index (κ2) is 7.53. The molecule has 0 saturated heterocycles. The molecule has 0 aliphatic carbocycles. The van der Waals surface area contributed by atoms with Crippen LogP contribution in [0.2, 0.25) is 0 Å². The van der Waals surface area contributed by atoms with Crippen molar-refractivity contribution in [3.63, 3.8) is 0 Å². The van der Waals surface area contributed by atoms with Crippen LogP contribution in [0, 0.1) is 0 Å². The molecular formula is C23H30N2O. The van der Waals surface area contributed by atoms with Crippen molar-refractivity contribution in [1.29, 1.82) is 0 Å². The van der Waals surface area contributed by atoms with Crippen molar-refractivity contribution in [1.82, 2.24) is 9.55 Å². The fourth-order valence-electron chi connectivity index (χ4n) is 3.37. The lowest BCUT2D eigenvalue weighted by molar-refractivity contribution is 0.296.